The summed E-state index contributed by atoms with van der Waals surface area (Å²) in [6.45, 7) is 1.16. The van der Waals surface area contributed by atoms with Crippen LogP contribution in [0.2, 0.25) is 0 Å². The van der Waals surface area contributed by atoms with Crippen molar-refractivity contribution >= 4 is 6.03 Å². The predicted octanol–water partition coefficient (Wildman–Crippen LogP) is 3.05. The Morgan fingerprint density at radius 3 is 2.68 bits per heavy atom. The van der Waals surface area contributed by atoms with Crippen LogP contribution in [0.4, 0.5) is 9.18 Å². The molecule has 0 aromatic heterocycles. The molecule has 4 nitrogen and oxygen atoms in total. The van der Waals surface area contributed by atoms with Crippen molar-refractivity contribution in [1.82, 2.24) is 10.2 Å². The predicted molar refractivity (Wildman–Crippen MR) is 83.2 cm³/mol. The van der Waals surface area contributed by atoms with Gasteiger partial charge in [0.2, 0.25) is 0 Å². The first kappa shape index (κ1) is 15.8. The molecule has 0 unspecified atom stereocenters. The summed E-state index contributed by atoms with van der Waals surface area (Å²) in [5.74, 6) is 0.465. The second-order valence-electron chi connectivity index (χ2n) is 4.87. The van der Waals surface area contributed by atoms with E-state index >= 15 is 0 Å². The van der Waals surface area contributed by atoms with E-state index in [1.807, 2.05) is 30.3 Å². The molecule has 1 N–H and O–H groups in total. The monoisotopic (exact) mass is 302 g/mol. The van der Waals surface area contributed by atoms with E-state index in [9.17, 15) is 9.18 Å². The number of benzene rings is 2. The number of nitrogens with one attached hydrogen (secondary N) is 1. The zero-order chi connectivity index (χ0) is 15.8. The van der Waals surface area contributed by atoms with Gasteiger partial charge in [0.25, 0.3) is 0 Å². The molecule has 5 heteroatoms. The number of nitrogens with zero attached hydrogens (tertiary/aromatic N) is 1. The number of rotatable bonds is 6. The molecule has 2 aromatic rings. The van der Waals surface area contributed by atoms with E-state index in [1.54, 1.807) is 19.2 Å². The van der Waals surface area contributed by atoms with Crippen LogP contribution in [0.25, 0.3) is 0 Å². The molecule has 0 saturated carbocycles. The summed E-state index contributed by atoms with van der Waals surface area (Å²) in [4.78, 5) is 13.4. The number of urea groups is 1. The lowest BCUT2D eigenvalue weighted by molar-refractivity contribution is 0.195. The van der Waals surface area contributed by atoms with Crippen molar-refractivity contribution < 1.29 is 13.9 Å². The van der Waals surface area contributed by atoms with Crippen molar-refractivity contribution in [2.75, 3.05) is 20.2 Å². The molecule has 0 bridgehead atoms. The summed E-state index contributed by atoms with van der Waals surface area (Å²) in [5.41, 5.74) is 0.724. The van der Waals surface area contributed by atoms with Crippen molar-refractivity contribution in [3.05, 3.63) is 66.0 Å². The third-order valence-electron chi connectivity index (χ3n) is 3.12. The fourth-order valence-electron chi connectivity index (χ4n) is 1.88. The SMILES string of the molecule is CN(CCOc1ccccc1)C(=O)NCc1cccc(F)c1. The maximum absolute atomic E-state index is 13.0. The second-order valence-corrected chi connectivity index (χ2v) is 4.87. The van der Waals surface area contributed by atoms with Gasteiger partial charge in [0.05, 0.1) is 6.54 Å². The minimum atomic E-state index is -0.309. The highest BCUT2D eigenvalue weighted by molar-refractivity contribution is 5.73. The number of hydrogen-bond acceptors (Lipinski definition) is 2. The van der Waals surface area contributed by atoms with E-state index in [1.165, 1.54) is 17.0 Å². The van der Waals surface area contributed by atoms with E-state index in [0.717, 1.165) is 11.3 Å². The van der Waals surface area contributed by atoms with Gasteiger partial charge in [-0.2, -0.15) is 0 Å². The second kappa shape index (κ2) is 8.02. The molecule has 0 aliphatic heterocycles. The first-order valence-corrected chi connectivity index (χ1v) is 7.06. The van der Waals surface area contributed by atoms with Crippen LogP contribution in [0.1, 0.15) is 5.56 Å². The molecule has 116 valence electrons. The Bertz CT molecular complexity index is 605. The Labute approximate surface area is 129 Å². The van der Waals surface area contributed by atoms with Crippen molar-refractivity contribution in [3.8, 4) is 5.75 Å². The van der Waals surface area contributed by atoms with Crippen LogP contribution in [-0.2, 0) is 6.54 Å². The highest BCUT2D eigenvalue weighted by Crippen LogP contribution is 2.08. The first-order chi connectivity index (χ1) is 10.6. The van der Waals surface area contributed by atoms with Gasteiger partial charge < -0.3 is 15.0 Å². The third-order valence-corrected chi connectivity index (χ3v) is 3.12. The van der Waals surface area contributed by atoms with Gasteiger partial charge in [-0.3, -0.25) is 0 Å². The van der Waals surface area contributed by atoms with Crippen LogP contribution in [0.5, 0.6) is 5.75 Å². The van der Waals surface area contributed by atoms with Crippen molar-refractivity contribution in [2.45, 2.75) is 6.54 Å². The zero-order valence-electron chi connectivity index (χ0n) is 12.5. The summed E-state index contributed by atoms with van der Waals surface area (Å²) in [6.07, 6.45) is 0. The van der Waals surface area contributed by atoms with Gasteiger partial charge in [0, 0.05) is 13.6 Å². The number of ether oxygens (including phenoxy) is 1. The average molecular weight is 302 g/mol. The maximum atomic E-state index is 13.0. The van der Waals surface area contributed by atoms with E-state index in [2.05, 4.69) is 5.32 Å². The minimum absolute atomic E-state index is 0.221. The Hall–Kier alpha value is -2.56. The molecule has 22 heavy (non-hydrogen) atoms. The summed E-state index contributed by atoms with van der Waals surface area (Å²) < 4.78 is 18.6. The van der Waals surface area contributed by atoms with Gasteiger partial charge in [-0.1, -0.05) is 30.3 Å². The van der Waals surface area contributed by atoms with Crippen molar-refractivity contribution in [1.29, 1.82) is 0 Å². The van der Waals surface area contributed by atoms with Gasteiger partial charge in [-0.25, -0.2) is 9.18 Å². The van der Waals surface area contributed by atoms with Crippen molar-refractivity contribution in [2.24, 2.45) is 0 Å². The van der Waals surface area contributed by atoms with Crippen LogP contribution in [-0.4, -0.2) is 31.1 Å². The van der Waals surface area contributed by atoms with E-state index in [4.69, 9.17) is 4.74 Å². The fourth-order valence-corrected chi connectivity index (χ4v) is 1.88. The zero-order valence-corrected chi connectivity index (χ0v) is 12.5. The molecule has 0 aliphatic rings. The molecular formula is C17H19FN2O2. The van der Waals surface area contributed by atoms with E-state index in [0.29, 0.717) is 19.7 Å². The Morgan fingerprint density at radius 2 is 1.95 bits per heavy atom. The molecule has 2 amide bonds. The quantitative estimate of drug-likeness (QED) is 0.891. The molecule has 0 fully saturated rings. The Balaban J connectivity index is 1.70. The largest absolute Gasteiger partial charge is 0.492 e. The molecule has 2 rings (SSSR count). The number of para-hydroxylation sites is 1. The maximum Gasteiger partial charge on any atom is 0.317 e. The van der Waals surface area contributed by atoms with Gasteiger partial charge in [0.15, 0.2) is 0 Å². The molecular weight excluding hydrogens is 283 g/mol. The van der Waals surface area contributed by atoms with Crippen LogP contribution < -0.4 is 10.1 Å². The number of carbonyl (C=O) groups excluding carboxylic acids is 1. The van der Waals surface area contributed by atoms with Gasteiger partial charge in [-0.15, -0.1) is 0 Å². The lowest BCUT2D eigenvalue weighted by atomic mass is 10.2. The van der Waals surface area contributed by atoms with Gasteiger partial charge in [0.1, 0.15) is 18.2 Å². The number of hydrogen-bond donors (Lipinski definition) is 1. The standard InChI is InChI=1S/C17H19FN2O2/c1-20(10-11-22-16-8-3-2-4-9-16)17(21)19-13-14-6-5-7-15(18)12-14/h2-9,12H,10-11,13H2,1H3,(H,19,21). The molecule has 0 spiro atoms. The normalized spacial score (nSPS) is 10.1. The summed E-state index contributed by atoms with van der Waals surface area (Å²) in [7, 11) is 1.69. The highest BCUT2D eigenvalue weighted by atomic mass is 19.1. The minimum Gasteiger partial charge on any atom is -0.492 e. The lowest BCUT2D eigenvalue weighted by Crippen LogP contribution is -2.39. The number of likely N-dealkylation sites (N-methyl/N-ethyl adjacent to an activating group) is 1. The van der Waals surface area contributed by atoms with Gasteiger partial charge in [-0.05, 0) is 29.8 Å². The van der Waals surface area contributed by atoms with E-state index < -0.39 is 0 Å². The fraction of sp³-hybridized carbons (Fsp3) is 0.235. The van der Waals surface area contributed by atoms with Gasteiger partial charge >= 0.3 is 6.03 Å². The van der Waals surface area contributed by atoms with Crippen LogP contribution in [0.15, 0.2) is 54.6 Å². The van der Waals surface area contributed by atoms with Crippen LogP contribution in [0, 0.1) is 5.82 Å². The Kier molecular flexibility index (Phi) is 5.77. The smallest absolute Gasteiger partial charge is 0.317 e. The number of carbonyl (C=O) groups is 1. The summed E-state index contributed by atoms with van der Waals surface area (Å²) >= 11 is 0. The molecule has 0 aliphatic carbocycles. The lowest BCUT2D eigenvalue weighted by Gasteiger charge is -2.18. The summed E-state index contributed by atoms with van der Waals surface area (Å²) in [5, 5.41) is 2.74. The Morgan fingerprint density at radius 1 is 1.18 bits per heavy atom. The average Bonchev–Trinajstić information content (AvgIpc) is 2.53. The molecule has 0 radical (unpaired) electrons. The number of halogens is 1. The summed E-state index contributed by atoms with van der Waals surface area (Å²) in [6, 6.07) is 15.4. The molecule has 0 saturated heterocycles. The topological polar surface area (TPSA) is 41.6 Å². The number of amides is 2. The molecule has 0 heterocycles. The van der Waals surface area contributed by atoms with E-state index in [-0.39, 0.29) is 11.8 Å². The van der Waals surface area contributed by atoms with Crippen LogP contribution >= 0.6 is 0 Å². The molecule has 0 atom stereocenters. The van der Waals surface area contributed by atoms with Crippen LogP contribution in [0.3, 0.4) is 0 Å². The van der Waals surface area contributed by atoms with Crippen molar-refractivity contribution in [3.63, 3.8) is 0 Å². The first-order valence-electron chi connectivity index (χ1n) is 7.06. The molecule has 2 aromatic carbocycles. The third kappa shape index (κ3) is 5.09. The highest BCUT2D eigenvalue weighted by Gasteiger charge is 2.08.